The molecular weight excluding hydrogens is 218 g/mol. The Balaban J connectivity index is 1.73. The maximum Gasteiger partial charge on any atom is 0.317 e. The molecule has 0 unspecified atom stereocenters. The summed E-state index contributed by atoms with van der Waals surface area (Å²) in [4.78, 5) is 17.3. The molecule has 0 spiro atoms. The molecule has 2 saturated heterocycles. The maximum absolute atomic E-state index is 10.6. The van der Waals surface area contributed by atoms with Gasteiger partial charge in [0, 0.05) is 32.2 Å². The van der Waals surface area contributed by atoms with Gasteiger partial charge in [-0.1, -0.05) is 0 Å². The first kappa shape index (κ1) is 12.8. The fourth-order valence-electron chi connectivity index (χ4n) is 2.76. The normalized spacial score (nSPS) is 26.2. The summed E-state index contributed by atoms with van der Waals surface area (Å²) in [5.41, 5.74) is 0. The van der Waals surface area contributed by atoms with E-state index < -0.39 is 5.97 Å². The number of nitrogens with zero attached hydrogens (tertiary/aromatic N) is 3. The van der Waals surface area contributed by atoms with Gasteiger partial charge in [-0.3, -0.25) is 21.6 Å². The molecular formula is C12H22N3O2-. The molecule has 2 aliphatic heterocycles. The van der Waals surface area contributed by atoms with Crippen LogP contribution >= 0.6 is 0 Å². The maximum atomic E-state index is 10.6. The Morgan fingerprint density at radius 1 is 1.12 bits per heavy atom. The van der Waals surface area contributed by atoms with Crippen LogP contribution in [-0.4, -0.2) is 77.6 Å². The highest BCUT2D eigenvalue weighted by Crippen LogP contribution is 2.17. The van der Waals surface area contributed by atoms with E-state index in [1.54, 1.807) is 0 Å². The zero-order valence-corrected chi connectivity index (χ0v) is 10.3. The van der Waals surface area contributed by atoms with E-state index in [9.17, 15) is 4.79 Å². The average molecular weight is 240 g/mol. The fraction of sp³-hybridized carbons (Fsp3) is 0.833. The van der Waals surface area contributed by atoms with Crippen molar-refractivity contribution >= 4 is 5.97 Å². The van der Waals surface area contributed by atoms with Crippen LogP contribution in [0, 0.1) is 7.05 Å². The van der Waals surface area contributed by atoms with Gasteiger partial charge in [-0.25, -0.2) is 0 Å². The van der Waals surface area contributed by atoms with E-state index >= 15 is 0 Å². The fourth-order valence-corrected chi connectivity index (χ4v) is 2.76. The minimum absolute atomic E-state index is 0.194. The monoisotopic (exact) mass is 240 g/mol. The molecule has 2 heterocycles. The standard InChI is InChI=1S/C12H22N3O2/c1-13-6-8-15(9-7-13)11-2-4-14(5-3-11)10-12(16)17/h11H,1-10H2,(H,16,17)/q-1. The third-order valence-corrected chi connectivity index (χ3v) is 3.84. The van der Waals surface area contributed by atoms with Crippen LogP contribution in [0.1, 0.15) is 12.8 Å². The molecule has 0 aromatic rings. The first-order valence-electron chi connectivity index (χ1n) is 6.39. The first-order valence-corrected chi connectivity index (χ1v) is 6.39. The Labute approximate surface area is 103 Å². The highest BCUT2D eigenvalue weighted by atomic mass is 16.4. The lowest BCUT2D eigenvalue weighted by atomic mass is 10.0. The van der Waals surface area contributed by atoms with E-state index in [1.165, 1.54) is 0 Å². The Bertz CT molecular complexity index is 256. The lowest BCUT2D eigenvalue weighted by molar-refractivity contribution is -0.138. The largest absolute Gasteiger partial charge is 0.480 e. The summed E-state index contributed by atoms with van der Waals surface area (Å²) in [6.07, 6.45) is 2.20. The van der Waals surface area contributed by atoms with E-state index in [4.69, 9.17) is 5.11 Å². The van der Waals surface area contributed by atoms with Gasteiger partial charge in [0.25, 0.3) is 0 Å². The van der Waals surface area contributed by atoms with Crippen LogP contribution in [0.4, 0.5) is 0 Å². The summed E-state index contributed by atoms with van der Waals surface area (Å²) >= 11 is 0. The van der Waals surface area contributed by atoms with Gasteiger partial charge in [-0.2, -0.15) is 0 Å². The third-order valence-electron chi connectivity index (χ3n) is 3.84. The Morgan fingerprint density at radius 2 is 1.71 bits per heavy atom. The highest BCUT2D eigenvalue weighted by molar-refractivity contribution is 5.69. The average Bonchev–Trinajstić information content (AvgIpc) is 2.30. The van der Waals surface area contributed by atoms with E-state index in [1.807, 2.05) is 4.90 Å². The lowest BCUT2D eigenvalue weighted by Gasteiger charge is -2.44. The number of hydrogen-bond acceptors (Lipinski definition) is 4. The summed E-state index contributed by atoms with van der Waals surface area (Å²) in [5, 5.41) is 8.74. The molecule has 5 nitrogen and oxygen atoms in total. The summed E-state index contributed by atoms with van der Waals surface area (Å²) in [7, 11) is 3.95. The molecule has 0 atom stereocenters. The summed E-state index contributed by atoms with van der Waals surface area (Å²) in [6.45, 7) is 6.34. The van der Waals surface area contributed by atoms with Crippen molar-refractivity contribution in [3.05, 3.63) is 7.05 Å². The van der Waals surface area contributed by atoms with Crippen molar-refractivity contribution in [3.8, 4) is 0 Å². The molecule has 2 rings (SSSR count). The third kappa shape index (κ3) is 3.66. The second-order valence-corrected chi connectivity index (χ2v) is 5.06. The molecule has 0 aromatic heterocycles. The number of carboxylic acids is 1. The zero-order chi connectivity index (χ0) is 12.3. The van der Waals surface area contributed by atoms with Crippen LogP contribution in [0.3, 0.4) is 0 Å². The van der Waals surface area contributed by atoms with Crippen molar-refractivity contribution in [2.24, 2.45) is 0 Å². The van der Waals surface area contributed by atoms with Crippen molar-refractivity contribution in [1.82, 2.24) is 14.7 Å². The Morgan fingerprint density at radius 3 is 2.24 bits per heavy atom. The second-order valence-electron chi connectivity index (χ2n) is 5.06. The molecule has 2 aliphatic rings. The summed E-state index contributed by atoms with van der Waals surface area (Å²) < 4.78 is 0. The van der Waals surface area contributed by atoms with Crippen molar-refractivity contribution in [3.63, 3.8) is 0 Å². The highest BCUT2D eigenvalue weighted by Gasteiger charge is 2.26. The molecule has 0 amide bonds. The zero-order valence-electron chi connectivity index (χ0n) is 10.3. The van der Waals surface area contributed by atoms with Gasteiger partial charge in [0.1, 0.15) is 0 Å². The van der Waals surface area contributed by atoms with Crippen LogP contribution < -0.4 is 0 Å². The molecule has 0 aliphatic carbocycles. The number of carbonyl (C=O) groups is 1. The molecule has 0 bridgehead atoms. The van der Waals surface area contributed by atoms with E-state index in [0.29, 0.717) is 6.04 Å². The summed E-state index contributed by atoms with van der Waals surface area (Å²) in [5.74, 6) is -0.714. The van der Waals surface area contributed by atoms with Crippen LogP contribution in [0.15, 0.2) is 0 Å². The smallest absolute Gasteiger partial charge is 0.317 e. The number of likely N-dealkylation sites (tertiary alicyclic amines) is 1. The lowest BCUT2D eigenvalue weighted by Crippen LogP contribution is -2.52. The van der Waals surface area contributed by atoms with Gasteiger partial charge in [0.05, 0.1) is 6.54 Å². The van der Waals surface area contributed by atoms with Gasteiger partial charge in [-0.15, -0.1) is 0 Å². The number of piperazine rings is 1. The molecule has 0 radical (unpaired) electrons. The quantitative estimate of drug-likeness (QED) is 0.701. The van der Waals surface area contributed by atoms with E-state index in [0.717, 1.165) is 52.1 Å². The number of carboxylic acid groups (broad SMARTS) is 1. The Kier molecular flexibility index (Phi) is 4.36. The van der Waals surface area contributed by atoms with Gasteiger partial charge in [0.2, 0.25) is 0 Å². The van der Waals surface area contributed by atoms with E-state index in [-0.39, 0.29) is 6.54 Å². The number of rotatable bonds is 3. The number of piperidine rings is 1. The van der Waals surface area contributed by atoms with Crippen LogP contribution in [0.2, 0.25) is 0 Å². The molecule has 1 N–H and O–H groups in total. The van der Waals surface area contributed by atoms with E-state index in [2.05, 4.69) is 16.8 Å². The van der Waals surface area contributed by atoms with Gasteiger partial charge >= 0.3 is 5.97 Å². The SMILES string of the molecule is [CH2-]N1CCN(C2CCN(CC(=O)O)CC2)CC1. The first-order chi connectivity index (χ1) is 8.15. The number of hydrogen-bond donors (Lipinski definition) is 1. The molecule has 5 heteroatoms. The minimum atomic E-state index is -0.714. The predicted octanol–water partition coefficient (Wildman–Crippen LogP) is -0.0554. The van der Waals surface area contributed by atoms with Crippen molar-refractivity contribution in [1.29, 1.82) is 0 Å². The molecule has 0 aromatic carbocycles. The number of aliphatic carboxylic acids is 1. The molecule has 98 valence electrons. The van der Waals surface area contributed by atoms with Crippen molar-refractivity contribution < 1.29 is 9.90 Å². The second kappa shape index (κ2) is 5.80. The summed E-state index contributed by atoms with van der Waals surface area (Å²) in [6, 6.07) is 0.647. The topological polar surface area (TPSA) is 47.0 Å². The predicted molar refractivity (Wildman–Crippen MR) is 65.6 cm³/mol. The van der Waals surface area contributed by atoms with Crippen LogP contribution in [-0.2, 0) is 4.79 Å². The molecule has 0 saturated carbocycles. The van der Waals surface area contributed by atoms with Crippen LogP contribution in [0.5, 0.6) is 0 Å². The van der Waals surface area contributed by atoms with Crippen LogP contribution in [0.25, 0.3) is 0 Å². The van der Waals surface area contributed by atoms with Gasteiger partial charge in [-0.05, 0) is 25.9 Å². The van der Waals surface area contributed by atoms with Gasteiger partial charge < -0.3 is 10.0 Å². The molecule has 17 heavy (non-hydrogen) atoms. The van der Waals surface area contributed by atoms with Gasteiger partial charge in [0.15, 0.2) is 0 Å². The van der Waals surface area contributed by atoms with Crippen molar-refractivity contribution in [2.45, 2.75) is 18.9 Å². The molecule has 2 fully saturated rings. The Hall–Kier alpha value is -0.650. The van der Waals surface area contributed by atoms with Crippen molar-refractivity contribution in [2.75, 3.05) is 45.8 Å². The minimum Gasteiger partial charge on any atom is -0.480 e.